The van der Waals surface area contributed by atoms with Crippen molar-refractivity contribution in [1.29, 1.82) is 0 Å². The standard InChI is InChI=1S/C12H11O/c1-2-10-8-13-9-12(10)11-6-4-3-5-7-11/h3-9H,1-2H2. The van der Waals surface area contributed by atoms with Crippen molar-refractivity contribution < 1.29 is 4.42 Å². The van der Waals surface area contributed by atoms with Crippen molar-refractivity contribution in [2.45, 2.75) is 6.42 Å². The molecule has 1 heterocycles. The maximum atomic E-state index is 5.15. The Morgan fingerprint density at radius 1 is 1.08 bits per heavy atom. The first-order valence-electron chi connectivity index (χ1n) is 4.31. The molecule has 1 radical (unpaired) electrons. The molecule has 2 aromatic rings. The predicted molar refractivity (Wildman–Crippen MR) is 53.2 cm³/mol. The molecule has 65 valence electrons. The summed E-state index contributed by atoms with van der Waals surface area (Å²) in [4.78, 5) is 0. The maximum absolute atomic E-state index is 5.15. The Bertz CT molecular complexity index is 373. The summed E-state index contributed by atoms with van der Waals surface area (Å²) >= 11 is 0. The summed E-state index contributed by atoms with van der Waals surface area (Å²) in [6, 6.07) is 10.2. The molecule has 1 heteroatoms. The minimum Gasteiger partial charge on any atom is -0.472 e. The molecule has 0 amide bonds. The molecule has 0 aliphatic heterocycles. The lowest BCUT2D eigenvalue weighted by Gasteiger charge is -1.98. The van der Waals surface area contributed by atoms with E-state index in [0.717, 1.165) is 17.5 Å². The van der Waals surface area contributed by atoms with Crippen LogP contribution in [0.4, 0.5) is 0 Å². The average Bonchev–Trinajstić information content (AvgIpc) is 2.67. The van der Waals surface area contributed by atoms with E-state index in [9.17, 15) is 0 Å². The number of furan rings is 1. The first-order valence-corrected chi connectivity index (χ1v) is 4.31. The first-order chi connectivity index (χ1) is 6.42. The van der Waals surface area contributed by atoms with E-state index < -0.39 is 0 Å². The zero-order chi connectivity index (χ0) is 9.10. The van der Waals surface area contributed by atoms with Crippen molar-refractivity contribution in [2.75, 3.05) is 0 Å². The minimum absolute atomic E-state index is 0.765. The third-order valence-electron chi connectivity index (χ3n) is 2.10. The lowest BCUT2D eigenvalue weighted by atomic mass is 10.0. The smallest absolute Gasteiger partial charge is 0.0983 e. The van der Waals surface area contributed by atoms with Crippen molar-refractivity contribution in [2.24, 2.45) is 0 Å². The zero-order valence-electron chi connectivity index (χ0n) is 7.36. The van der Waals surface area contributed by atoms with Crippen LogP contribution in [0.1, 0.15) is 5.56 Å². The van der Waals surface area contributed by atoms with E-state index in [1.54, 1.807) is 12.5 Å². The first kappa shape index (κ1) is 8.11. The third-order valence-corrected chi connectivity index (χ3v) is 2.10. The van der Waals surface area contributed by atoms with Crippen molar-refractivity contribution in [3.05, 3.63) is 55.3 Å². The Balaban J connectivity index is 2.47. The SMILES string of the molecule is [CH2]Cc1cocc1-c1ccccc1. The van der Waals surface area contributed by atoms with Gasteiger partial charge in [-0.25, -0.2) is 0 Å². The fourth-order valence-electron chi connectivity index (χ4n) is 1.39. The molecule has 1 nitrogen and oxygen atoms in total. The van der Waals surface area contributed by atoms with Crippen molar-refractivity contribution in [1.82, 2.24) is 0 Å². The van der Waals surface area contributed by atoms with E-state index in [0.29, 0.717) is 0 Å². The highest BCUT2D eigenvalue weighted by atomic mass is 16.3. The van der Waals surface area contributed by atoms with Gasteiger partial charge in [-0.05, 0) is 24.5 Å². The van der Waals surface area contributed by atoms with Crippen LogP contribution in [-0.2, 0) is 6.42 Å². The highest BCUT2D eigenvalue weighted by Crippen LogP contribution is 2.24. The topological polar surface area (TPSA) is 13.1 Å². The van der Waals surface area contributed by atoms with Crippen LogP contribution in [0.15, 0.2) is 47.3 Å². The van der Waals surface area contributed by atoms with Crippen molar-refractivity contribution in [3.63, 3.8) is 0 Å². The van der Waals surface area contributed by atoms with Crippen LogP contribution in [-0.4, -0.2) is 0 Å². The number of benzene rings is 1. The number of rotatable bonds is 2. The zero-order valence-corrected chi connectivity index (χ0v) is 7.36. The van der Waals surface area contributed by atoms with Crippen molar-refractivity contribution >= 4 is 0 Å². The van der Waals surface area contributed by atoms with Crippen LogP contribution in [0.25, 0.3) is 11.1 Å². The molecule has 13 heavy (non-hydrogen) atoms. The molecule has 0 aliphatic rings. The summed E-state index contributed by atoms with van der Waals surface area (Å²) < 4.78 is 5.15. The summed E-state index contributed by atoms with van der Waals surface area (Å²) in [6.45, 7) is 3.85. The molecular weight excluding hydrogens is 160 g/mol. The summed E-state index contributed by atoms with van der Waals surface area (Å²) in [5.41, 5.74) is 3.50. The molecule has 0 aliphatic carbocycles. The normalized spacial score (nSPS) is 10.2. The summed E-state index contributed by atoms with van der Waals surface area (Å²) in [5.74, 6) is 0. The van der Waals surface area contributed by atoms with Gasteiger partial charge in [-0.2, -0.15) is 0 Å². The van der Waals surface area contributed by atoms with Gasteiger partial charge in [0.1, 0.15) is 0 Å². The Morgan fingerprint density at radius 3 is 2.54 bits per heavy atom. The van der Waals surface area contributed by atoms with Gasteiger partial charge in [0.05, 0.1) is 12.5 Å². The van der Waals surface area contributed by atoms with Crippen LogP contribution in [0.2, 0.25) is 0 Å². The molecule has 0 bridgehead atoms. The second-order valence-corrected chi connectivity index (χ2v) is 2.93. The van der Waals surface area contributed by atoms with Crippen LogP contribution in [0, 0.1) is 6.92 Å². The lowest BCUT2D eigenvalue weighted by molar-refractivity contribution is 0.565. The minimum atomic E-state index is 0.765. The van der Waals surface area contributed by atoms with Crippen LogP contribution < -0.4 is 0 Å². The van der Waals surface area contributed by atoms with Gasteiger partial charge in [-0.15, -0.1) is 0 Å². The van der Waals surface area contributed by atoms with E-state index >= 15 is 0 Å². The Hall–Kier alpha value is -1.50. The van der Waals surface area contributed by atoms with Gasteiger partial charge >= 0.3 is 0 Å². The summed E-state index contributed by atoms with van der Waals surface area (Å²) in [5, 5.41) is 0. The molecule has 1 aromatic heterocycles. The maximum Gasteiger partial charge on any atom is 0.0983 e. The second kappa shape index (κ2) is 3.48. The fraction of sp³-hybridized carbons (Fsp3) is 0.0833. The fourth-order valence-corrected chi connectivity index (χ4v) is 1.39. The average molecular weight is 171 g/mol. The van der Waals surface area contributed by atoms with Gasteiger partial charge < -0.3 is 4.42 Å². The van der Waals surface area contributed by atoms with Crippen LogP contribution >= 0.6 is 0 Å². The lowest BCUT2D eigenvalue weighted by Crippen LogP contribution is -1.80. The third kappa shape index (κ3) is 1.50. The monoisotopic (exact) mass is 171 g/mol. The molecule has 2 rings (SSSR count). The molecule has 0 N–H and O–H groups in total. The molecule has 0 atom stereocenters. The quantitative estimate of drug-likeness (QED) is 0.675. The van der Waals surface area contributed by atoms with Gasteiger partial charge in [-0.1, -0.05) is 30.3 Å². The van der Waals surface area contributed by atoms with Gasteiger partial charge in [0.25, 0.3) is 0 Å². The van der Waals surface area contributed by atoms with Gasteiger partial charge in [0, 0.05) is 5.56 Å². The summed E-state index contributed by atoms with van der Waals surface area (Å²) in [7, 11) is 0. The molecule has 0 saturated heterocycles. The van der Waals surface area contributed by atoms with Gasteiger partial charge in [0.2, 0.25) is 0 Å². The highest BCUT2D eigenvalue weighted by molar-refractivity contribution is 5.65. The molecule has 0 spiro atoms. The van der Waals surface area contributed by atoms with Gasteiger partial charge in [0.15, 0.2) is 0 Å². The van der Waals surface area contributed by atoms with E-state index in [1.165, 1.54) is 5.56 Å². The Morgan fingerprint density at radius 2 is 1.85 bits per heavy atom. The van der Waals surface area contributed by atoms with Gasteiger partial charge in [-0.3, -0.25) is 0 Å². The number of hydrogen-bond donors (Lipinski definition) is 0. The molecule has 0 fully saturated rings. The molecule has 0 saturated carbocycles. The molecular formula is C12H11O. The number of hydrogen-bond acceptors (Lipinski definition) is 1. The van der Waals surface area contributed by atoms with Crippen LogP contribution in [0.3, 0.4) is 0 Å². The molecule has 0 unspecified atom stereocenters. The Kier molecular flexibility index (Phi) is 2.17. The highest BCUT2D eigenvalue weighted by Gasteiger charge is 2.04. The van der Waals surface area contributed by atoms with E-state index in [1.807, 2.05) is 18.2 Å². The van der Waals surface area contributed by atoms with E-state index in [4.69, 9.17) is 4.42 Å². The largest absolute Gasteiger partial charge is 0.472 e. The summed E-state index contributed by atoms with van der Waals surface area (Å²) in [6.07, 6.45) is 4.30. The van der Waals surface area contributed by atoms with Crippen LogP contribution in [0.5, 0.6) is 0 Å². The van der Waals surface area contributed by atoms with Crippen molar-refractivity contribution in [3.8, 4) is 11.1 Å². The van der Waals surface area contributed by atoms with E-state index in [-0.39, 0.29) is 0 Å². The Labute approximate surface area is 78.0 Å². The van der Waals surface area contributed by atoms with E-state index in [2.05, 4.69) is 19.1 Å². The molecule has 1 aromatic carbocycles. The predicted octanol–water partition coefficient (Wildman–Crippen LogP) is 3.32. The second-order valence-electron chi connectivity index (χ2n) is 2.93.